The molecule has 0 spiro atoms. The standard InChI is InChI=1S/C28H37N3O4S/c1-2-29-36(34,35)31-18-10-16-24-23(15-9-17-26(24)31)20-27(32)25(19-21-11-5-3-6-12-21)30-28(33)22-13-7-4-8-14-22/h3,5-6,9,11-12,15,17,22,25,29H,2,4,7-8,10,13-14,16,18-20H2,1H3,(H,30,33)/t25-/m0/s1. The molecule has 1 amide bonds. The van der Waals surface area contributed by atoms with Gasteiger partial charge in [0.25, 0.3) is 0 Å². The number of nitrogens with one attached hydrogen (secondary N) is 2. The fraction of sp³-hybridized carbons (Fsp3) is 0.500. The lowest BCUT2D eigenvalue weighted by Crippen LogP contribution is -2.46. The summed E-state index contributed by atoms with van der Waals surface area (Å²) in [5.74, 6) is -0.107. The summed E-state index contributed by atoms with van der Waals surface area (Å²) in [5, 5.41) is 3.08. The molecule has 1 fully saturated rings. The maximum Gasteiger partial charge on any atom is 0.301 e. The Morgan fingerprint density at radius 1 is 1.00 bits per heavy atom. The van der Waals surface area contributed by atoms with Gasteiger partial charge in [-0.05, 0) is 54.9 Å². The molecule has 4 rings (SSSR count). The monoisotopic (exact) mass is 511 g/mol. The number of benzene rings is 2. The summed E-state index contributed by atoms with van der Waals surface area (Å²) < 4.78 is 29.5. The Hall–Kier alpha value is -2.71. The number of anilines is 1. The van der Waals surface area contributed by atoms with Gasteiger partial charge in [-0.2, -0.15) is 13.1 Å². The lowest BCUT2D eigenvalue weighted by atomic mass is 9.87. The largest absolute Gasteiger partial charge is 0.346 e. The van der Waals surface area contributed by atoms with Gasteiger partial charge in [0, 0.05) is 25.4 Å². The highest BCUT2D eigenvalue weighted by atomic mass is 32.2. The van der Waals surface area contributed by atoms with E-state index in [1.807, 2.05) is 48.5 Å². The van der Waals surface area contributed by atoms with E-state index in [1.165, 1.54) is 4.31 Å². The van der Waals surface area contributed by atoms with Crippen LogP contribution in [0, 0.1) is 5.92 Å². The Labute approximate surface area is 214 Å². The predicted octanol–water partition coefficient (Wildman–Crippen LogP) is 3.71. The third-order valence-corrected chi connectivity index (χ3v) is 8.86. The van der Waals surface area contributed by atoms with E-state index in [2.05, 4.69) is 10.0 Å². The molecule has 7 nitrogen and oxygen atoms in total. The summed E-state index contributed by atoms with van der Waals surface area (Å²) in [7, 11) is -3.64. The van der Waals surface area contributed by atoms with Crippen molar-refractivity contribution in [2.45, 2.75) is 70.8 Å². The first-order chi connectivity index (χ1) is 17.4. The number of hydrogen-bond acceptors (Lipinski definition) is 4. The number of carbonyl (C=O) groups is 2. The van der Waals surface area contributed by atoms with E-state index in [0.29, 0.717) is 38.0 Å². The van der Waals surface area contributed by atoms with Crippen LogP contribution in [0.2, 0.25) is 0 Å². The van der Waals surface area contributed by atoms with Crippen LogP contribution >= 0.6 is 0 Å². The van der Waals surface area contributed by atoms with E-state index in [1.54, 1.807) is 6.92 Å². The van der Waals surface area contributed by atoms with E-state index in [9.17, 15) is 18.0 Å². The molecule has 1 heterocycles. The molecular weight excluding hydrogens is 474 g/mol. The van der Waals surface area contributed by atoms with Crippen LogP contribution in [0.15, 0.2) is 48.5 Å². The van der Waals surface area contributed by atoms with Crippen LogP contribution in [-0.4, -0.2) is 39.2 Å². The molecule has 2 aliphatic rings. The third-order valence-electron chi connectivity index (χ3n) is 7.25. The van der Waals surface area contributed by atoms with Crippen molar-refractivity contribution in [2.75, 3.05) is 17.4 Å². The van der Waals surface area contributed by atoms with Gasteiger partial charge in [-0.15, -0.1) is 0 Å². The highest BCUT2D eigenvalue weighted by Gasteiger charge is 2.30. The number of Topliss-reactive ketones (excluding diaryl/α,β-unsaturated/α-hetero) is 1. The minimum Gasteiger partial charge on any atom is -0.346 e. The zero-order valence-electron chi connectivity index (χ0n) is 21.0. The van der Waals surface area contributed by atoms with Crippen LogP contribution in [0.4, 0.5) is 5.69 Å². The molecule has 0 saturated heterocycles. The molecule has 8 heteroatoms. The van der Waals surface area contributed by atoms with Crippen molar-refractivity contribution in [1.82, 2.24) is 10.0 Å². The highest BCUT2D eigenvalue weighted by molar-refractivity contribution is 7.90. The number of fused-ring (bicyclic) bond motifs is 1. The lowest BCUT2D eigenvalue weighted by molar-refractivity contribution is -0.130. The molecule has 36 heavy (non-hydrogen) atoms. The van der Waals surface area contributed by atoms with Crippen molar-refractivity contribution in [3.63, 3.8) is 0 Å². The number of carbonyl (C=O) groups excluding carboxylic acids is 2. The van der Waals surface area contributed by atoms with Crippen LogP contribution in [0.3, 0.4) is 0 Å². The molecule has 1 aliphatic heterocycles. The summed E-state index contributed by atoms with van der Waals surface area (Å²) in [4.78, 5) is 26.7. The van der Waals surface area contributed by atoms with Gasteiger partial charge in [-0.3, -0.25) is 13.9 Å². The van der Waals surface area contributed by atoms with E-state index >= 15 is 0 Å². The van der Waals surface area contributed by atoms with Crippen LogP contribution in [0.5, 0.6) is 0 Å². The maximum absolute atomic E-state index is 13.6. The molecule has 2 N–H and O–H groups in total. The fourth-order valence-electron chi connectivity index (χ4n) is 5.40. The van der Waals surface area contributed by atoms with Crippen LogP contribution < -0.4 is 14.3 Å². The molecule has 194 valence electrons. The number of amides is 1. The summed E-state index contributed by atoms with van der Waals surface area (Å²) in [5.41, 5.74) is 3.37. The lowest BCUT2D eigenvalue weighted by Gasteiger charge is -2.31. The van der Waals surface area contributed by atoms with Gasteiger partial charge in [-0.1, -0.05) is 68.7 Å². The molecule has 0 radical (unpaired) electrons. The molecule has 1 saturated carbocycles. The topological polar surface area (TPSA) is 95.6 Å². The van der Waals surface area contributed by atoms with Gasteiger partial charge >= 0.3 is 10.2 Å². The zero-order chi connectivity index (χ0) is 25.5. The minimum atomic E-state index is -3.64. The first kappa shape index (κ1) is 26.4. The first-order valence-electron chi connectivity index (χ1n) is 13.1. The number of hydrogen-bond donors (Lipinski definition) is 2. The summed E-state index contributed by atoms with van der Waals surface area (Å²) in [6.45, 7) is 2.48. The summed E-state index contributed by atoms with van der Waals surface area (Å²) in [6.07, 6.45) is 7.02. The Morgan fingerprint density at radius 2 is 1.75 bits per heavy atom. The summed E-state index contributed by atoms with van der Waals surface area (Å²) in [6, 6.07) is 14.7. The molecule has 0 unspecified atom stereocenters. The van der Waals surface area contributed by atoms with Crippen molar-refractivity contribution in [2.24, 2.45) is 5.92 Å². The van der Waals surface area contributed by atoms with Gasteiger partial charge in [0.15, 0.2) is 5.78 Å². The summed E-state index contributed by atoms with van der Waals surface area (Å²) >= 11 is 0. The van der Waals surface area contributed by atoms with Gasteiger partial charge in [0.2, 0.25) is 5.91 Å². The number of nitrogens with zero attached hydrogens (tertiary/aromatic N) is 1. The third kappa shape index (κ3) is 6.34. The molecule has 2 aromatic carbocycles. The van der Waals surface area contributed by atoms with E-state index < -0.39 is 16.3 Å². The van der Waals surface area contributed by atoms with Gasteiger partial charge in [0.05, 0.1) is 11.7 Å². The highest BCUT2D eigenvalue weighted by Crippen LogP contribution is 2.32. The molecule has 0 aromatic heterocycles. The zero-order valence-corrected chi connectivity index (χ0v) is 21.9. The van der Waals surface area contributed by atoms with Crippen molar-refractivity contribution in [3.8, 4) is 0 Å². The second kappa shape index (κ2) is 12.0. The normalized spacial score (nSPS) is 17.3. The molecular formula is C28H37N3O4S. The van der Waals surface area contributed by atoms with Gasteiger partial charge < -0.3 is 5.32 Å². The SMILES string of the molecule is CCNS(=O)(=O)N1CCCc2c(CC(=O)[C@H](Cc3ccccc3)NC(=O)C3CCCCC3)cccc21. The van der Waals surface area contributed by atoms with Crippen LogP contribution in [-0.2, 0) is 39.1 Å². The van der Waals surface area contributed by atoms with E-state index in [0.717, 1.165) is 48.8 Å². The minimum absolute atomic E-state index is 0.0259. The van der Waals surface area contributed by atoms with Crippen molar-refractivity contribution in [1.29, 1.82) is 0 Å². The van der Waals surface area contributed by atoms with Gasteiger partial charge in [-0.25, -0.2) is 0 Å². The molecule has 2 aromatic rings. The van der Waals surface area contributed by atoms with Crippen molar-refractivity contribution >= 4 is 27.6 Å². The Bertz CT molecular complexity index is 1160. The van der Waals surface area contributed by atoms with Crippen molar-refractivity contribution in [3.05, 3.63) is 65.2 Å². The number of rotatable bonds is 10. The van der Waals surface area contributed by atoms with E-state index in [4.69, 9.17) is 0 Å². The van der Waals surface area contributed by atoms with E-state index in [-0.39, 0.29) is 24.0 Å². The maximum atomic E-state index is 13.6. The fourth-order valence-corrected chi connectivity index (χ4v) is 6.72. The molecule has 1 aliphatic carbocycles. The average molecular weight is 512 g/mol. The Morgan fingerprint density at radius 3 is 2.47 bits per heavy atom. The average Bonchev–Trinajstić information content (AvgIpc) is 2.89. The quantitative estimate of drug-likeness (QED) is 0.508. The molecule has 1 atom stereocenters. The second-order valence-electron chi connectivity index (χ2n) is 9.82. The first-order valence-corrected chi connectivity index (χ1v) is 14.6. The Balaban J connectivity index is 1.56. The molecule has 0 bridgehead atoms. The second-order valence-corrected chi connectivity index (χ2v) is 11.5. The van der Waals surface area contributed by atoms with Gasteiger partial charge in [0.1, 0.15) is 0 Å². The predicted molar refractivity (Wildman–Crippen MR) is 142 cm³/mol. The number of ketones is 1. The van der Waals surface area contributed by atoms with Crippen molar-refractivity contribution < 1.29 is 18.0 Å². The van der Waals surface area contributed by atoms with Crippen LogP contribution in [0.25, 0.3) is 0 Å². The van der Waals surface area contributed by atoms with Crippen LogP contribution in [0.1, 0.15) is 62.1 Å². The Kier molecular flexibility index (Phi) is 8.80. The smallest absolute Gasteiger partial charge is 0.301 e.